The maximum Gasteiger partial charge on any atom is 0.0718 e. The first-order chi connectivity index (χ1) is 9.70. The summed E-state index contributed by atoms with van der Waals surface area (Å²) in [6.07, 6.45) is 3.89. The predicted octanol–water partition coefficient (Wildman–Crippen LogP) is 4.89. The average Bonchev–Trinajstić information content (AvgIpc) is 2.44. The number of halogens is 2. The van der Waals surface area contributed by atoms with E-state index in [1.165, 1.54) is 5.56 Å². The van der Waals surface area contributed by atoms with Crippen molar-refractivity contribution in [2.45, 2.75) is 25.8 Å². The molecule has 1 N–H and O–H groups in total. The zero-order valence-electron chi connectivity index (χ0n) is 11.4. The lowest BCUT2D eigenvalue weighted by Gasteiger charge is -2.19. The molecule has 1 aromatic carbocycles. The summed E-state index contributed by atoms with van der Waals surface area (Å²) in [5.41, 5.74) is 2.37. The molecule has 0 aliphatic carbocycles. The molecule has 2 rings (SSSR count). The summed E-state index contributed by atoms with van der Waals surface area (Å²) in [4.78, 5) is 4.53. The van der Waals surface area contributed by atoms with E-state index in [1.807, 2.05) is 18.3 Å². The normalized spacial score (nSPS) is 12.3. The lowest BCUT2D eigenvalue weighted by molar-refractivity contribution is 0.516. The predicted molar refractivity (Wildman–Crippen MR) is 90.8 cm³/mol. The summed E-state index contributed by atoms with van der Waals surface area (Å²) < 4.78 is 2.17. The van der Waals surface area contributed by atoms with Crippen molar-refractivity contribution in [3.05, 3.63) is 62.8 Å². The molecule has 20 heavy (non-hydrogen) atoms. The van der Waals surface area contributed by atoms with Gasteiger partial charge in [0.15, 0.2) is 0 Å². The molecule has 0 radical (unpaired) electrons. The highest BCUT2D eigenvalue weighted by atomic mass is 79.9. The van der Waals surface area contributed by atoms with Crippen molar-refractivity contribution < 1.29 is 0 Å². The number of aromatic nitrogens is 1. The number of nitrogens with zero attached hydrogens (tertiary/aromatic N) is 1. The van der Waals surface area contributed by atoms with E-state index in [0.29, 0.717) is 0 Å². The lowest BCUT2D eigenvalue weighted by Crippen LogP contribution is -2.25. The van der Waals surface area contributed by atoms with E-state index in [9.17, 15) is 0 Å². The van der Waals surface area contributed by atoms with Crippen LogP contribution in [-0.2, 0) is 6.42 Å². The average molecular weight is 398 g/mol. The molecule has 4 heteroatoms. The molecule has 1 unspecified atom stereocenters. The van der Waals surface area contributed by atoms with Crippen molar-refractivity contribution >= 4 is 31.9 Å². The minimum absolute atomic E-state index is 0.222. The monoisotopic (exact) mass is 396 g/mol. The highest BCUT2D eigenvalue weighted by Gasteiger charge is 2.15. The lowest BCUT2D eigenvalue weighted by atomic mass is 10.0. The van der Waals surface area contributed by atoms with Crippen LogP contribution in [0.25, 0.3) is 0 Å². The summed E-state index contributed by atoms with van der Waals surface area (Å²) in [6, 6.07) is 12.7. The quantitative estimate of drug-likeness (QED) is 0.750. The SMILES string of the molecule is CCCNC(Cc1cccc(Br)c1)c1ncccc1Br. The van der Waals surface area contributed by atoms with Crippen molar-refractivity contribution in [3.63, 3.8) is 0 Å². The van der Waals surface area contributed by atoms with Crippen molar-refractivity contribution in [1.82, 2.24) is 10.3 Å². The van der Waals surface area contributed by atoms with Crippen LogP contribution in [0.15, 0.2) is 51.5 Å². The minimum Gasteiger partial charge on any atom is -0.308 e. The van der Waals surface area contributed by atoms with Crippen molar-refractivity contribution in [1.29, 1.82) is 0 Å². The van der Waals surface area contributed by atoms with E-state index < -0.39 is 0 Å². The molecule has 1 heterocycles. The molecule has 0 spiro atoms. The summed E-state index contributed by atoms with van der Waals surface area (Å²) in [6.45, 7) is 3.16. The molecular formula is C16H18Br2N2. The molecule has 1 atom stereocenters. The number of benzene rings is 1. The summed E-state index contributed by atoms with van der Waals surface area (Å²) in [5, 5.41) is 3.59. The Morgan fingerprint density at radius 2 is 2.05 bits per heavy atom. The van der Waals surface area contributed by atoms with E-state index in [2.05, 4.69) is 73.3 Å². The standard InChI is InChI=1S/C16H18Br2N2/c1-2-8-19-15(16-14(18)7-4-9-20-16)11-12-5-3-6-13(17)10-12/h3-7,9-10,15,19H,2,8,11H2,1H3. The maximum absolute atomic E-state index is 4.53. The van der Waals surface area contributed by atoms with Gasteiger partial charge in [-0.05, 0) is 65.1 Å². The molecule has 0 bridgehead atoms. The van der Waals surface area contributed by atoms with Gasteiger partial charge in [0, 0.05) is 15.1 Å². The van der Waals surface area contributed by atoms with Gasteiger partial charge in [0.1, 0.15) is 0 Å². The second kappa shape index (κ2) is 7.91. The third kappa shape index (κ3) is 4.40. The van der Waals surface area contributed by atoms with Gasteiger partial charge in [-0.2, -0.15) is 0 Å². The first kappa shape index (κ1) is 15.7. The van der Waals surface area contributed by atoms with E-state index in [4.69, 9.17) is 0 Å². The van der Waals surface area contributed by atoms with Gasteiger partial charge in [0.05, 0.1) is 11.7 Å². The fourth-order valence-electron chi connectivity index (χ4n) is 2.14. The smallest absolute Gasteiger partial charge is 0.0718 e. The molecular weight excluding hydrogens is 380 g/mol. The van der Waals surface area contributed by atoms with Crippen LogP contribution in [0.3, 0.4) is 0 Å². The van der Waals surface area contributed by atoms with E-state index >= 15 is 0 Å². The van der Waals surface area contributed by atoms with E-state index in [1.54, 1.807) is 0 Å². The fourth-order valence-corrected chi connectivity index (χ4v) is 3.12. The van der Waals surface area contributed by atoms with Gasteiger partial charge in [0.2, 0.25) is 0 Å². The van der Waals surface area contributed by atoms with Crippen LogP contribution in [-0.4, -0.2) is 11.5 Å². The Hall–Kier alpha value is -0.710. The van der Waals surface area contributed by atoms with Crippen LogP contribution in [0, 0.1) is 0 Å². The molecule has 106 valence electrons. The van der Waals surface area contributed by atoms with Gasteiger partial charge in [-0.25, -0.2) is 0 Å². The van der Waals surface area contributed by atoms with Gasteiger partial charge in [0.25, 0.3) is 0 Å². The van der Waals surface area contributed by atoms with Gasteiger partial charge >= 0.3 is 0 Å². The molecule has 0 saturated carbocycles. The zero-order valence-corrected chi connectivity index (χ0v) is 14.6. The fraction of sp³-hybridized carbons (Fsp3) is 0.312. The molecule has 0 aliphatic rings. The van der Waals surface area contributed by atoms with Crippen molar-refractivity contribution in [2.75, 3.05) is 6.54 Å². The Kier molecular flexibility index (Phi) is 6.20. The van der Waals surface area contributed by atoms with Gasteiger partial charge in [-0.3, -0.25) is 4.98 Å². The Balaban J connectivity index is 2.22. The second-order valence-electron chi connectivity index (χ2n) is 4.71. The molecule has 2 aromatic rings. The Labute approximate surface area is 137 Å². The summed E-state index contributed by atoms with van der Waals surface area (Å²) in [5.74, 6) is 0. The summed E-state index contributed by atoms with van der Waals surface area (Å²) >= 11 is 7.14. The Bertz CT molecular complexity index is 558. The number of pyridine rings is 1. The van der Waals surface area contributed by atoms with Gasteiger partial charge in [-0.1, -0.05) is 35.0 Å². The molecule has 0 fully saturated rings. The third-order valence-electron chi connectivity index (χ3n) is 3.09. The Morgan fingerprint density at radius 3 is 2.75 bits per heavy atom. The van der Waals surface area contributed by atoms with Crippen LogP contribution in [0.1, 0.15) is 30.6 Å². The molecule has 0 amide bonds. The minimum atomic E-state index is 0.222. The topological polar surface area (TPSA) is 24.9 Å². The van der Waals surface area contributed by atoms with Crippen LogP contribution in [0.4, 0.5) is 0 Å². The van der Waals surface area contributed by atoms with Crippen LogP contribution < -0.4 is 5.32 Å². The van der Waals surface area contributed by atoms with Crippen LogP contribution in [0.5, 0.6) is 0 Å². The first-order valence-electron chi connectivity index (χ1n) is 6.79. The third-order valence-corrected chi connectivity index (χ3v) is 4.25. The van der Waals surface area contributed by atoms with E-state index in [-0.39, 0.29) is 6.04 Å². The largest absolute Gasteiger partial charge is 0.308 e. The van der Waals surface area contributed by atoms with Gasteiger partial charge < -0.3 is 5.32 Å². The first-order valence-corrected chi connectivity index (χ1v) is 8.37. The van der Waals surface area contributed by atoms with E-state index in [0.717, 1.165) is 34.0 Å². The number of rotatable bonds is 6. The van der Waals surface area contributed by atoms with Crippen LogP contribution >= 0.6 is 31.9 Å². The molecule has 0 saturated heterocycles. The molecule has 1 aromatic heterocycles. The van der Waals surface area contributed by atoms with Crippen LogP contribution in [0.2, 0.25) is 0 Å². The molecule has 0 aliphatic heterocycles. The zero-order chi connectivity index (χ0) is 14.4. The number of hydrogen-bond donors (Lipinski definition) is 1. The Morgan fingerprint density at radius 1 is 1.20 bits per heavy atom. The highest BCUT2D eigenvalue weighted by molar-refractivity contribution is 9.10. The highest BCUT2D eigenvalue weighted by Crippen LogP contribution is 2.25. The number of hydrogen-bond acceptors (Lipinski definition) is 2. The maximum atomic E-state index is 4.53. The van der Waals surface area contributed by atoms with Crippen molar-refractivity contribution in [3.8, 4) is 0 Å². The molecule has 2 nitrogen and oxygen atoms in total. The summed E-state index contributed by atoms with van der Waals surface area (Å²) in [7, 11) is 0. The number of nitrogens with one attached hydrogen (secondary N) is 1. The second-order valence-corrected chi connectivity index (χ2v) is 6.48. The van der Waals surface area contributed by atoms with Crippen molar-refractivity contribution in [2.24, 2.45) is 0 Å². The van der Waals surface area contributed by atoms with Gasteiger partial charge in [-0.15, -0.1) is 0 Å².